The highest BCUT2D eigenvalue weighted by Gasteiger charge is 2.30. The Bertz CT molecular complexity index is 761. The van der Waals surface area contributed by atoms with Crippen LogP contribution in [0.1, 0.15) is 67.2 Å². The number of aromatic nitrogens is 2. The minimum Gasteiger partial charge on any atom is -0.390 e. The fourth-order valence-corrected chi connectivity index (χ4v) is 3.57. The summed E-state index contributed by atoms with van der Waals surface area (Å²) in [5, 5.41) is 14.5. The topological polar surface area (TPSA) is 58.4 Å². The van der Waals surface area contributed by atoms with Gasteiger partial charge in [-0.15, -0.1) is 0 Å². The highest BCUT2D eigenvalue weighted by molar-refractivity contribution is 5.94. The fraction of sp³-hybridized carbons (Fsp3) is 0.524. The third-order valence-electron chi connectivity index (χ3n) is 5.04. The third kappa shape index (κ3) is 4.52. The van der Waals surface area contributed by atoms with Crippen molar-refractivity contribution in [2.75, 3.05) is 6.54 Å². The summed E-state index contributed by atoms with van der Waals surface area (Å²) in [6.07, 6.45) is 6.48. The largest absolute Gasteiger partial charge is 0.390 e. The molecule has 1 aromatic carbocycles. The maximum atomic E-state index is 13.2. The van der Waals surface area contributed by atoms with E-state index in [1.807, 2.05) is 62.3 Å². The molecule has 1 N–H and O–H groups in total. The summed E-state index contributed by atoms with van der Waals surface area (Å²) < 4.78 is 1.80. The first-order valence-electron chi connectivity index (χ1n) is 9.45. The van der Waals surface area contributed by atoms with E-state index in [0.29, 0.717) is 6.42 Å². The highest BCUT2D eigenvalue weighted by atomic mass is 16.3. The Hall–Kier alpha value is -2.14. The molecule has 1 saturated heterocycles. The van der Waals surface area contributed by atoms with E-state index in [9.17, 15) is 9.90 Å². The molecule has 5 heteroatoms. The van der Waals surface area contributed by atoms with Crippen molar-refractivity contribution in [2.24, 2.45) is 7.05 Å². The second-order valence-electron chi connectivity index (χ2n) is 7.94. The lowest BCUT2D eigenvalue weighted by atomic mass is 9.96. The van der Waals surface area contributed by atoms with Gasteiger partial charge in [0.05, 0.1) is 17.3 Å². The molecule has 0 unspecified atom stereocenters. The summed E-state index contributed by atoms with van der Waals surface area (Å²) in [5.41, 5.74) is 2.08. The standard InChI is InChI=1S/C21H29N3O2/c1-21(2,26)12-10-16-7-6-8-17(15-16)20(25)24-13-5-4-9-19(24)18-11-14-23(3)22-18/h6-8,11,14-15,19,26H,4-5,9-10,12-13H2,1-3H3/t19-/m1/s1. The molecule has 1 aliphatic rings. The van der Waals surface area contributed by atoms with Crippen molar-refractivity contribution in [3.63, 3.8) is 0 Å². The van der Waals surface area contributed by atoms with Gasteiger partial charge in [-0.3, -0.25) is 9.48 Å². The third-order valence-corrected chi connectivity index (χ3v) is 5.04. The summed E-state index contributed by atoms with van der Waals surface area (Å²) in [6.45, 7) is 4.40. The van der Waals surface area contributed by atoms with Gasteiger partial charge in [0.2, 0.25) is 0 Å². The zero-order valence-corrected chi connectivity index (χ0v) is 16.0. The van der Waals surface area contributed by atoms with Crippen LogP contribution in [0.4, 0.5) is 0 Å². The van der Waals surface area contributed by atoms with Crippen molar-refractivity contribution in [3.8, 4) is 0 Å². The van der Waals surface area contributed by atoms with Gasteiger partial charge >= 0.3 is 0 Å². The van der Waals surface area contributed by atoms with Gasteiger partial charge in [-0.05, 0) is 69.7 Å². The number of rotatable bonds is 5. The first-order chi connectivity index (χ1) is 12.3. The number of benzene rings is 1. The van der Waals surface area contributed by atoms with E-state index >= 15 is 0 Å². The monoisotopic (exact) mass is 355 g/mol. The molecule has 1 fully saturated rings. The van der Waals surface area contributed by atoms with Crippen LogP contribution in [0, 0.1) is 0 Å². The van der Waals surface area contributed by atoms with Crippen molar-refractivity contribution >= 4 is 5.91 Å². The van der Waals surface area contributed by atoms with E-state index in [4.69, 9.17) is 0 Å². The summed E-state index contributed by atoms with van der Waals surface area (Å²) >= 11 is 0. The molecule has 0 aliphatic carbocycles. The Labute approximate surface area is 155 Å². The molecular formula is C21H29N3O2. The number of aliphatic hydroxyl groups is 1. The number of hydrogen-bond acceptors (Lipinski definition) is 3. The van der Waals surface area contributed by atoms with Gasteiger partial charge in [0.25, 0.3) is 5.91 Å². The molecule has 1 amide bonds. The number of nitrogens with zero attached hydrogens (tertiary/aromatic N) is 3. The molecule has 2 heterocycles. The minimum atomic E-state index is -0.697. The van der Waals surface area contributed by atoms with E-state index in [1.165, 1.54) is 0 Å². The molecule has 0 bridgehead atoms. The van der Waals surface area contributed by atoms with E-state index in [2.05, 4.69) is 5.10 Å². The number of amides is 1. The number of hydrogen-bond donors (Lipinski definition) is 1. The maximum absolute atomic E-state index is 13.2. The van der Waals surface area contributed by atoms with Gasteiger partial charge in [0, 0.05) is 25.4 Å². The van der Waals surface area contributed by atoms with Crippen LogP contribution in [0.25, 0.3) is 0 Å². The molecule has 1 atom stereocenters. The van der Waals surface area contributed by atoms with Crippen molar-refractivity contribution in [3.05, 3.63) is 53.3 Å². The van der Waals surface area contributed by atoms with Crippen LogP contribution in [0.15, 0.2) is 36.5 Å². The van der Waals surface area contributed by atoms with Crippen molar-refractivity contribution < 1.29 is 9.90 Å². The van der Waals surface area contributed by atoms with Crippen LogP contribution >= 0.6 is 0 Å². The van der Waals surface area contributed by atoms with Gasteiger partial charge in [0.1, 0.15) is 0 Å². The molecule has 26 heavy (non-hydrogen) atoms. The number of carbonyl (C=O) groups is 1. The van der Waals surface area contributed by atoms with Gasteiger partial charge in [-0.1, -0.05) is 12.1 Å². The first kappa shape index (κ1) is 18.6. The van der Waals surface area contributed by atoms with Crippen molar-refractivity contribution in [2.45, 2.75) is 57.6 Å². The Balaban J connectivity index is 1.78. The molecular weight excluding hydrogens is 326 g/mol. The first-order valence-corrected chi connectivity index (χ1v) is 9.45. The van der Waals surface area contributed by atoms with Gasteiger partial charge in [-0.2, -0.15) is 5.10 Å². The zero-order chi connectivity index (χ0) is 18.7. The smallest absolute Gasteiger partial charge is 0.254 e. The molecule has 140 valence electrons. The van der Waals surface area contributed by atoms with Crippen LogP contribution in [0.3, 0.4) is 0 Å². The fourth-order valence-electron chi connectivity index (χ4n) is 3.57. The number of carbonyl (C=O) groups excluding carboxylic acids is 1. The SMILES string of the molecule is Cn1ccc([C@H]2CCCCN2C(=O)c2cccc(CCC(C)(C)O)c2)n1. The molecule has 2 aromatic rings. The Morgan fingerprint density at radius 3 is 2.81 bits per heavy atom. The van der Waals surface area contributed by atoms with E-state index in [0.717, 1.165) is 49.0 Å². The Morgan fingerprint density at radius 1 is 1.31 bits per heavy atom. The normalized spacial score (nSPS) is 18.2. The highest BCUT2D eigenvalue weighted by Crippen LogP contribution is 2.31. The lowest BCUT2D eigenvalue weighted by molar-refractivity contribution is 0.0605. The summed E-state index contributed by atoms with van der Waals surface area (Å²) in [4.78, 5) is 15.2. The predicted octanol–water partition coefficient (Wildman–Crippen LogP) is 3.49. The zero-order valence-electron chi connectivity index (χ0n) is 16.0. The maximum Gasteiger partial charge on any atom is 0.254 e. The summed E-state index contributed by atoms with van der Waals surface area (Å²) in [5.74, 6) is 0.0745. The van der Waals surface area contributed by atoms with Crippen LogP contribution in [-0.2, 0) is 13.5 Å². The van der Waals surface area contributed by atoms with Gasteiger partial charge in [0.15, 0.2) is 0 Å². The molecule has 0 spiro atoms. The molecule has 1 aromatic heterocycles. The minimum absolute atomic E-state index is 0.0532. The van der Waals surface area contributed by atoms with E-state index in [-0.39, 0.29) is 11.9 Å². The van der Waals surface area contributed by atoms with Crippen LogP contribution in [0.5, 0.6) is 0 Å². The second kappa shape index (κ2) is 7.62. The average Bonchev–Trinajstić information content (AvgIpc) is 3.05. The summed E-state index contributed by atoms with van der Waals surface area (Å²) in [7, 11) is 1.91. The van der Waals surface area contributed by atoms with Crippen LogP contribution in [0.2, 0.25) is 0 Å². The molecule has 0 saturated carbocycles. The Morgan fingerprint density at radius 2 is 2.12 bits per heavy atom. The number of likely N-dealkylation sites (tertiary alicyclic amines) is 1. The quantitative estimate of drug-likeness (QED) is 0.893. The molecule has 1 aliphatic heterocycles. The summed E-state index contributed by atoms with van der Waals surface area (Å²) in [6, 6.07) is 9.88. The van der Waals surface area contributed by atoms with E-state index in [1.54, 1.807) is 4.68 Å². The second-order valence-corrected chi connectivity index (χ2v) is 7.94. The van der Waals surface area contributed by atoms with E-state index < -0.39 is 5.60 Å². The molecule has 5 nitrogen and oxygen atoms in total. The Kier molecular flexibility index (Phi) is 5.47. The molecule has 3 rings (SSSR count). The van der Waals surface area contributed by atoms with Gasteiger partial charge < -0.3 is 10.0 Å². The average molecular weight is 355 g/mol. The van der Waals surface area contributed by atoms with Crippen molar-refractivity contribution in [1.29, 1.82) is 0 Å². The van der Waals surface area contributed by atoms with Crippen LogP contribution in [-0.4, -0.2) is 37.8 Å². The van der Waals surface area contributed by atoms with Gasteiger partial charge in [-0.25, -0.2) is 0 Å². The number of piperidine rings is 1. The lowest BCUT2D eigenvalue weighted by Gasteiger charge is -2.35. The molecule has 0 radical (unpaired) electrons. The number of aryl methyl sites for hydroxylation is 2. The van der Waals surface area contributed by atoms with Crippen molar-refractivity contribution in [1.82, 2.24) is 14.7 Å². The predicted molar refractivity (Wildman–Crippen MR) is 102 cm³/mol. The lowest BCUT2D eigenvalue weighted by Crippen LogP contribution is -2.38. The van der Waals surface area contributed by atoms with Crippen LogP contribution < -0.4 is 0 Å².